The predicted octanol–water partition coefficient (Wildman–Crippen LogP) is 2.48. The molecule has 6 nitrogen and oxygen atoms in total. The van der Waals surface area contributed by atoms with E-state index in [0.29, 0.717) is 5.56 Å². The first-order valence-electron chi connectivity index (χ1n) is 9.16. The zero-order chi connectivity index (χ0) is 19.4. The van der Waals surface area contributed by atoms with Crippen molar-refractivity contribution in [2.75, 3.05) is 7.04 Å². The van der Waals surface area contributed by atoms with Gasteiger partial charge in [-0.25, -0.2) is 4.79 Å². The van der Waals surface area contributed by atoms with Crippen LogP contribution in [0.25, 0.3) is 0 Å². The Balaban J connectivity index is 2.24. The Morgan fingerprint density at radius 2 is 2.09 bits per heavy atom. The zero-order valence-electron chi connectivity index (χ0n) is 16.1. The van der Waals surface area contributed by atoms with Crippen molar-refractivity contribution in [1.29, 1.82) is 0 Å². The quantitative estimate of drug-likeness (QED) is 0.440. The molecule has 1 saturated carbocycles. The zero-order valence-corrected chi connectivity index (χ0v) is 13.1. The Morgan fingerprint density at radius 1 is 1.35 bits per heavy atom. The molecule has 126 valence electrons. The van der Waals surface area contributed by atoms with Gasteiger partial charge >= 0.3 is 5.97 Å². The van der Waals surface area contributed by atoms with Crippen LogP contribution in [0.5, 0.6) is 11.5 Å². The number of carbonyl (C=O) groups excluding carboxylic acids is 1. The largest absolute Gasteiger partial charge is 0.504 e. The molecule has 0 spiro atoms. The Bertz CT molecular complexity index is 683. The molecule has 23 heavy (non-hydrogen) atoms. The topological polar surface area (TPSA) is 91.2 Å². The molecular formula is C17H24N2O4. The molecule has 1 aliphatic rings. The van der Waals surface area contributed by atoms with Gasteiger partial charge < -0.3 is 14.9 Å². The number of phenols is 2. The molecule has 1 fully saturated rings. The minimum atomic E-state index is -2.87. The van der Waals surface area contributed by atoms with Crippen molar-refractivity contribution >= 4 is 11.7 Å². The Kier molecular flexibility index (Phi) is 4.23. The van der Waals surface area contributed by atoms with Gasteiger partial charge in [-0.3, -0.25) is 5.43 Å². The number of ether oxygens (including phenoxy) is 1. The third-order valence-electron chi connectivity index (χ3n) is 4.03. The van der Waals surface area contributed by atoms with Crippen LogP contribution in [0.1, 0.15) is 48.7 Å². The summed E-state index contributed by atoms with van der Waals surface area (Å²) in [6, 6.07) is 4.14. The highest BCUT2D eigenvalue weighted by atomic mass is 16.5. The maximum absolute atomic E-state index is 12.5. The van der Waals surface area contributed by atoms with Crippen LogP contribution in [0.2, 0.25) is 0 Å². The number of nitrogens with zero attached hydrogens (tertiary/aromatic N) is 1. The molecule has 1 aliphatic carbocycles. The second kappa shape index (κ2) is 7.35. The van der Waals surface area contributed by atoms with Crippen LogP contribution in [0, 0.1) is 0 Å². The fourth-order valence-corrected chi connectivity index (χ4v) is 2.63. The average Bonchev–Trinajstić information content (AvgIpc) is 2.56. The fourth-order valence-electron chi connectivity index (χ4n) is 2.63. The van der Waals surface area contributed by atoms with Crippen LogP contribution < -0.4 is 5.43 Å². The van der Waals surface area contributed by atoms with Crippen molar-refractivity contribution in [3.05, 3.63) is 23.8 Å². The van der Waals surface area contributed by atoms with E-state index in [-0.39, 0.29) is 17.9 Å². The SMILES string of the molecule is [2H]C([2H])([2H])OC(=O)[C@](C)(Cc1ccc(O)c(O)c1)NN=C1CCCCC1. The molecule has 0 aromatic heterocycles. The van der Waals surface area contributed by atoms with Gasteiger partial charge in [0, 0.05) is 12.1 Å². The lowest BCUT2D eigenvalue weighted by Crippen LogP contribution is -2.50. The van der Waals surface area contributed by atoms with Gasteiger partial charge in [-0.2, -0.15) is 5.10 Å². The maximum atomic E-state index is 12.5. The van der Waals surface area contributed by atoms with E-state index in [2.05, 4.69) is 15.3 Å². The number of carbonyl (C=O) groups is 1. The molecule has 2 rings (SSSR count). The number of aromatic hydroxyl groups is 2. The lowest BCUT2D eigenvalue weighted by molar-refractivity contribution is -0.147. The van der Waals surface area contributed by atoms with Crippen molar-refractivity contribution in [3.63, 3.8) is 0 Å². The maximum Gasteiger partial charge on any atom is 0.333 e. The molecule has 0 unspecified atom stereocenters. The molecule has 1 aromatic rings. The second-order valence-electron chi connectivity index (χ2n) is 6.07. The van der Waals surface area contributed by atoms with Gasteiger partial charge in [-0.1, -0.05) is 12.5 Å². The van der Waals surface area contributed by atoms with E-state index in [1.54, 1.807) is 0 Å². The lowest BCUT2D eigenvalue weighted by Gasteiger charge is -2.27. The number of methoxy groups -OCH3 is 1. The summed E-state index contributed by atoms with van der Waals surface area (Å²) in [5, 5.41) is 23.4. The number of benzene rings is 1. The summed E-state index contributed by atoms with van der Waals surface area (Å²) in [6.45, 7) is 1.50. The summed E-state index contributed by atoms with van der Waals surface area (Å²) in [5.41, 5.74) is 2.79. The van der Waals surface area contributed by atoms with Gasteiger partial charge in [0.25, 0.3) is 0 Å². The lowest BCUT2D eigenvalue weighted by atomic mass is 9.93. The number of hydrogen-bond acceptors (Lipinski definition) is 6. The molecule has 0 amide bonds. The molecule has 0 bridgehead atoms. The van der Waals surface area contributed by atoms with Crippen LogP contribution in [0.15, 0.2) is 23.3 Å². The second-order valence-corrected chi connectivity index (χ2v) is 6.07. The Morgan fingerprint density at radius 3 is 2.74 bits per heavy atom. The Hall–Kier alpha value is -2.24. The first kappa shape index (κ1) is 13.2. The first-order chi connectivity index (χ1) is 12.1. The van der Waals surface area contributed by atoms with E-state index in [1.807, 2.05) is 0 Å². The molecule has 0 heterocycles. The molecule has 1 aromatic carbocycles. The van der Waals surface area contributed by atoms with E-state index in [4.69, 9.17) is 4.11 Å². The van der Waals surface area contributed by atoms with Crippen LogP contribution in [-0.4, -0.2) is 34.5 Å². The highest BCUT2D eigenvalue weighted by Gasteiger charge is 2.35. The van der Waals surface area contributed by atoms with Crippen LogP contribution in [0.3, 0.4) is 0 Å². The normalized spacial score (nSPS) is 19.7. The number of hydrazone groups is 1. The van der Waals surface area contributed by atoms with Crippen molar-refractivity contribution < 1.29 is 23.9 Å². The Labute approximate surface area is 140 Å². The van der Waals surface area contributed by atoms with Gasteiger partial charge in [-0.15, -0.1) is 0 Å². The van der Waals surface area contributed by atoms with Gasteiger partial charge in [0.2, 0.25) is 0 Å². The minimum Gasteiger partial charge on any atom is -0.504 e. The van der Waals surface area contributed by atoms with E-state index in [9.17, 15) is 15.0 Å². The summed E-state index contributed by atoms with van der Waals surface area (Å²) < 4.78 is 26.1. The van der Waals surface area contributed by atoms with Crippen LogP contribution >= 0.6 is 0 Å². The molecule has 1 atom stereocenters. The first-order valence-corrected chi connectivity index (χ1v) is 7.66. The highest BCUT2D eigenvalue weighted by Crippen LogP contribution is 2.27. The van der Waals surface area contributed by atoms with Crippen molar-refractivity contribution in [3.8, 4) is 11.5 Å². The summed E-state index contributed by atoms with van der Waals surface area (Å²) in [6.07, 6.45) is 4.89. The van der Waals surface area contributed by atoms with Gasteiger partial charge in [-0.05, 0) is 50.3 Å². The number of esters is 1. The summed E-state index contributed by atoms with van der Waals surface area (Å²) in [5.74, 6) is -1.58. The third kappa shape index (κ3) is 4.37. The third-order valence-corrected chi connectivity index (χ3v) is 4.03. The molecule has 6 heteroatoms. The van der Waals surface area contributed by atoms with Crippen molar-refractivity contribution in [1.82, 2.24) is 5.43 Å². The number of nitrogens with one attached hydrogen (secondary N) is 1. The molecule has 0 aliphatic heterocycles. The van der Waals surface area contributed by atoms with Crippen LogP contribution in [-0.2, 0) is 16.0 Å². The van der Waals surface area contributed by atoms with E-state index < -0.39 is 18.5 Å². The number of hydrogen-bond donors (Lipinski definition) is 3. The van der Waals surface area contributed by atoms with E-state index in [1.165, 1.54) is 25.1 Å². The average molecular weight is 323 g/mol. The van der Waals surface area contributed by atoms with E-state index >= 15 is 0 Å². The molecule has 3 N–H and O–H groups in total. The summed E-state index contributed by atoms with van der Waals surface area (Å²) in [7, 11) is -2.87. The minimum absolute atomic E-state index is 0.0204. The van der Waals surface area contributed by atoms with Gasteiger partial charge in [0.15, 0.2) is 17.0 Å². The highest BCUT2D eigenvalue weighted by molar-refractivity contribution is 5.85. The predicted molar refractivity (Wildman–Crippen MR) is 87.6 cm³/mol. The molecule has 0 radical (unpaired) electrons. The van der Waals surface area contributed by atoms with Crippen LogP contribution in [0.4, 0.5) is 0 Å². The summed E-state index contributed by atoms with van der Waals surface area (Å²) in [4.78, 5) is 12.5. The molecular weight excluding hydrogens is 296 g/mol. The van der Waals surface area contributed by atoms with Gasteiger partial charge in [0.1, 0.15) is 0 Å². The van der Waals surface area contributed by atoms with E-state index in [0.717, 1.165) is 37.8 Å². The summed E-state index contributed by atoms with van der Waals surface area (Å²) >= 11 is 0. The standard InChI is InChI=1S/C17H24N2O4/c1-17(16(22)23-2,19-18-13-6-4-3-5-7-13)11-12-8-9-14(20)15(21)10-12/h8-10,19-21H,3-7,11H2,1-2H3/t17-/m0/s1/i2D3. The molecule has 0 saturated heterocycles. The van der Waals surface area contributed by atoms with Crippen molar-refractivity contribution in [2.45, 2.75) is 51.0 Å². The monoisotopic (exact) mass is 323 g/mol. The number of rotatable bonds is 5. The smallest absolute Gasteiger partial charge is 0.333 e. The fraction of sp³-hybridized carbons (Fsp3) is 0.529. The van der Waals surface area contributed by atoms with Crippen molar-refractivity contribution in [2.24, 2.45) is 5.10 Å². The van der Waals surface area contributed by atoms with Gasteiger partial charge in [0.05, 0.1) is 11.2 Å². The number of phenolic OH excluding ortho intramolecular Hbond substituents is 2.